The Morgan fingerprint density at radius 3 is 1.44 bits per heavy atom. The van der Waals surface area contributed by atoms with E-state index >= 15 is 0 Å². The molecule has 0 aliphatic heterocycles. The van der Waals surface area contributed by atoms with E-state index in [4.69, 9.17) is 5.73 Å². The van der Waals surface area contributed by atoms with Crippen LogP contribution in [0.5, 0.6) is 0 Å². The van der Waals surface area contributed by atoms with Crippen molar-refractivity contribution >= 4 is 23.9 Å². The van der Waals surface area contributed by atoms with Crippen LogP contribution < -0.4 is 150 Å². The minimum atomic E-state index is -1.97. The molecule has 0 rings (SSSR count). The van der Waals surface area contributed by atoms with Crippen LogP contribution in [0.3, 0.4) is 0 Å². The summed E-state index contributed by atoms with van der Waals surface area (Å²) in [5, 5.41) is 45.0. The molecule has 10 nitrogen and oxygen atoms in total. The molecule has 0 aliphatic carbocycles. The van der Waals surface area contributed by atoms with E-state index in [9.17, 15) is 39.6 Å². The van der Waals surface area contributed by atoms with E-state index in [1.807, 2.05) is 0 Å². The van der Waals surface area contributed by atoms with Gasteiger partial charge in [-0.3, -0.25) is 0 Å². The molecule has 0 aromatic heterocycles. The van der Waals surface area contributed by atoms with Gasteiger partial charge in [0.05, 0.1) is 5.97 Å². The average molecular weight is 394 g/mol. The minimum Gasteiger partial charge on any atom is -0.550 e. The van der Waals surface area contributed by atoms with Crippen LogP contribution in [-0.2, 0) is 19.2 Å². The third kappa shape index (κ3) is 16.5. The van der Waals surface area contributed by atoms with E-state index in [-0.39, 0.29) is 118 Å². The normalized spacial score (nSPS) is 10.6. The first-order valence-corrected chi connectivity index (χ1v) is 5.87. The molecule has 0 saturated heterocycles. The van der Waals surface area contributed by atoms with Gasteiger partial charge in [-0.1, -0.05) is 0 Å². The second kappa shape index (κ2) is 19.1. The Morgan fingerprint density at radius 1 is 0.800 bits per heavy atom. The Bertz CT molecular complexity index is 422. The molecule has 0 bridgehead atoms. The fraction of sp³-hybridized carbons (Fsp3) is 0.636. The summed E-state index contributed by atoms with van der Waals surface area (Å²) in [4.78, 5) is 42.8. The van der Waals surface area contributed by atoms with Gasteiger partial charge in [-0.15, -0.1) is 0 Å². The van der Waals surface area contributed by atoms with Crippen LogP contribution in [0.4, 0.5) is 0 Å². The smallest absolute Gasteiger partial charge is 0.550 e. The SMILES string of the molecule is NCC(CC(=O)[O-])C(CC(=O)[O-])(CC(=O)[O-])NCC(=O)[O-].[Na+].[Na+].[Na+].[Na+]. The zero-order valence-corrected chi connectivity index (χ0v) is 23.0. The van der Waals surface area contributed by atoms with Gasteiger partial charge in [-0.25, -0.2) is 0 Å². The number of carboxylic acid groups (broad SMARTS) is 4. The van der Waals surface area contributed by atoms with Crippen LogP contribution >= 0.6 is 0 Å². The Balaban J connectivity index is -0.000000333. The van der Waals surface area contributed by atoms with E-state index in [1.165, 1.54) is 0 Å². The summed E-state index contributed by atoms with van der Waals surface area (Å²) in [6.45, 7) is -1.32. The Kier molecular flexibility index (Phi) is 28.7. The van der Waals surface area contributed by atoms with E-state index in [0.717, 1.165) is 0 Å². The molecule has 25 heavy (non-hydrogen) atoms. The van der Waals surface area contributed by atoms with Crippen LogP contribution in [0.15, 0.2) is 0 Å². The summed E-state index contributed by atoms with van der Waals surface area (Å²) >= 11 is 0. The number of nitrogens with one attached hydrogen (secondary N) is 1. The van der Waals surface area contributed by atoms with Crippen molar-refractivity contribution in [3.8, 4) is 0 Å². The number of carbonyl (C=O) groups excluding carboxylic acids is 4. The topological polar surface area (TPSA) is 199 Å². The van der Waals surface area contributed by atoms with Crippen molar-refractivity contribution in [3.05, 3.63) is 0 Å². The summed E-state index contributed by atoms with van der Waals surface area (Å²) in [6.07, 6.45) is -2.70. The maximum atomic E-state index is 10.8. The minimum absolute atomic E-state index is 0. The quantitative estimate of drug-likeness (QED) is 0.317. The third-order valence-corrected chi connectivity index (χ3v) is 2.98. The van der Waals surface area contributed by atoms with Crippen molar-refractivity contribution in [2.24, 2.45) is 11.7 Å². The van der Waals surface area contributed by atoms with E-state index < -0.39 is 67.7 Å². The predicted octanol–water partition coefficient (Wildman–Crippen LogP) is -18.9. The molecule has 0 saturated carbocycles. The standard InChI is InChI=1S/C11H18N2O8.4Na/c12-4-6(1-7(14)15)11(2-8(16)17,3-9(18)19)13-5-10(20)21;;;;/h6,13H,1-5,12H2,(H,14,15)(H,16,17)(H,18,19)(H,20,21);;;;/q;4*+1/p-4. The number of rotatable bonds is 11. The molecule has 3 N–H and O–H groups in total. The molecular weight excluding hydrogens is 380 g/mol. The number of hydrogen-bond acceptors (Lipinski definition) is 10. The molecule has 14 heteroatoms. The number of carboxylic acids is 4. The number of nitrogens with two attached hydrogens (primary N) is 1. The van der Waals surface area contributed by atoms with Crippen LogP contribution in [0.25, 0.3) is 0 Å². The van der Waals surface area contributed by atoms with Gasteiger partial charge >= 0.3 is 118 Å². The Hall–Kier alpha value is 1.80. The van der Waals surface area contributed by atoms with Crippen molar-refractivity contribution in [2.75, 3.05) is 13.1 Å². The molecule has 1 atom stereocenters. The van der Waals surface area contributed by atoms with Crippen molar-refractivity contribution < 1.29 is 158 Å². The fourth-order valence-electron chi connectivity index (χ4n) is 2.09. The maximum Gasteiger partial charge on any atom is 1.00 e. The first kappa shape index (κ1) is 37.5. The molecule has 0 aromatic rings. The zero-order chi connectivity index (χ0) is 16.6. The first-order valence-electron chi connectivity index (χ1n) is 5.87. The monoisotopic (exact) mass is 394 g/mol. The van der Waals surface area contributed by atoms with E-state index in [1.54, 1.807) is 0 Å². The molecule has 0 fully saturated rings. The second-order valence-electron chi connectivity index (χ2n) is 4.49. The maximum absolute atomic E-state index is 10.8. The van der Waals surface area contributed by atoms with Crippen molar-refractivity contribution in [2.45, 2.75) is 24.8 Å². The van der Waals surface area contributed by atoms with Gasteiger partial charge in [0.2, 0.25) is 0 Å². The number of carbonyl (C=O) groups is 4. The summed E-state index contributed by atoms with van der Waals surface area (Å²) in [5.41, 5.74) is 3.38. The average Bonchev–Trinajstić information content (AvgIpc) is 2.31. The zero-order valence-electron chi connectivity index (χ0n) is 15.0. The van der Waals surface area contributed by atoms with Crippen molar-refractivity contribution in [1.29, 1.82) is 0 Å². The summed E-state index contributed by atoms with van der Waals surface area (Å²) in [6, 6.07) is 0. The van der Waals surface area contributed by atoms with Crippen LogP contribution in [0, 0.1) is 5.92 Å². The molecule has 0 aliphatic rings. The number of aliphatic carboxylic acids is 4. The van der Waals surface area contributed by atoms with Gasteiger partial charge in [0, 0.05) is 42.8 Å². The van der Waals surface area contributed by atoms with Gasteiger partial charge < -0.3 is 50.7 Å². The van der Waals surface area contributed by atoms with E-state index in [2.05, 4.69) is 5.32 Å². The molecular formula is C11H14N2Na4O8. The van der Waals surface area contributed by atoms with E-state index in [0.29, 0.717) is 0 Å². The van der Waals surface area contributed by atoms with Gasteiger partial charge in [-0.2, -0.15) is 0 Å². The van der Waals surface area contributed by atoms with Crippen LogP contribution in [0.1, 0.15) is 19.3 Å². The summed E-state index contributed by atoms with van der Waals surface area (Å²) < 4.78 is 0. The summed E-state index contributed by atoms with van der Waals surface area (Å²) in [5.74, 6) is -7.88. The molecule has 0 aromatic carbocycles. The van der Waals surface area contributed by atoms with Gasteiger partial charge in [0.25, 0.3) is 0 Å². The Labute approximate surface area is 233 Å². The first-order chi connectivity index (χ1) is 9.62. The Morgan fingerprint density at radius 2 is 1.20 bits per heavy atom. The van der Waals surface area contributed by atoms with Crippen LogP contribution in [0.2, 0.25) is 0 Å². The molecule has 120 valence electrons. The summed E-state index contributed by atoms with van der Waals surface area (Å²) in [7, 11) is 0. The molecule has 0 spiro atoms. The fourth-order valence-corrected chi connectivity index (χ4v) is 2.09. The second-order valence-corrected chi connectivity index (χ2v) is 4.49. The molecule has 0 heterocycles. The molecule has 0 amide bonds. The van der Waals surface area contributed by atoms with Crippen molar-refractivity contribution in [3.63, 3.8) is 0 Å². The van der Waals surface area contributed by atoms with Gasteiger partial charge in [0.1, 0.15) is 0 Å². The van der Waals surface area contributed by atoms with Gasteiger partial charge in [-0.05, 0) is 18.9 Å². The van der Waals surface area contributed by atoms with Crippen LogP contribution in [-0.4, -0.2) is 42.5 Å². The number of hydrogen-bond donors (Lipinski definition) is 2. The van der Waals surface area contributed by atoms with Crippen molar-refractivity contribution in [1.82, 2.24) is 5.32 Å². The largest absolute Gasteiger partial charge is 1.00 e. The third-order valence-electron chi connectivity index (χ3n) is 2.98. The van der Waals surface area contributed by atoms with Gasteiger partial charge in [0.15, 0.2) is 0 Å². The predicted molar refractivity (Wildman–Crippen MR) is 57.2 cm³/mol. The molecule has 0 radical (unpaired) electrons. The molecule has 1 unspecified atom stereocenters.